The Balaban J connectivity index is 0.946. The molecule has 9 aromatic carbocycles. The maximum Gasteiger partial charge on any atom is 0.164 e. The molecule has 0 spiro atoms. The third kappa shape index (κ3) is 5.92. The summed E-state index contributed by atoms with van der Waals surface area (Å²) in [6.07, 6.45) is 0. The summed E-state index contributed by atoms with van der Waals surface area (Å²) < 4.78 is 6.58. The number of nitrogens with zero attached hydrogens (tertiary/aromatic N) is 3. The number of ether oxygens (including phenoxy) is 1. The third-order valence-electron chi connectivity index (χ3n) is 10.9. The number of benzene rings is 9. The Hall–Kier alpha value is -7.69. The van der Waals surface area contributed by atoms with Crippen LogP contribution in [0.5, 0.6) is 11.5 Å². The zero-order valence-electron chi connectivity index (χ0n) is 30.8. The topological polar surface area (TPSA) is 47.9 Å². The normalized spacial score (nSPS) is 11.6. The molecule has 4 heteroatoms. The van der Waals surface area contributed by atoms with Crippen molar-refractivity contribution in [1.29, 1.82) is 0 Å². The zero-order valence-corrected chi connectivity index (χ0v) is 30.8. The van der Waals surface area contributed by atoms with Crippen LogP contribution in [0, 0.1) is 0 Å². The molecular weight excluding hydrogens is 695 g/mol. The van der Waals surface area contributed by atoms with Crippen molar-refractivity contribution in [1.82, 2.24) is 15.0 Å². The van der Waals surface area contributed by atoms with Crippen LogP contribution in [-0.2, 0) is 0 Å². The Morgan fingerprint density at radius 2 is 0.789 bits per heavy atom. The van der Waals surface area contributed by atoms with E-state index in [1.165, 1.54) is 38.4 Å². The summed E-state index contributed by atoms with van der Waals surface area (Å²) >= 11 is 0. The van der Waals surface area contributed by atoms with Gasteiger partial charge in [0, 0.05) is 27.6 Å². The summed E-state index contributed by atoms with van der Waals surface area (Å²) in [5, 5.41) is 4.79. The van der Waals surface area contributed by atoms with Crippen molar-refractivity contribution in [2.45, 2.75) is 0 Å². The van der Waals surface area contributed by atoms with E-state index in [2.05, 4.69) is 164 Å². The van der Waals surface area contributed by atoms with Crippen molar-refractivity contribution < 1.29 is 4.74 Å². The summed E-state index contributed by atoms with van der Waals surface area (Å²) in [7, 11) is 0. The molecule has 0 fully saturated rings. The molecule has 57 heavy (non-hydrogen) atoms. The van der Waals surface area contributed by atoms with Crippen LogP contribution >= 0.6 is 0 Å². The minimum atomic E-state index is 0.627. The molecule has 1 aliphatic heterocycles. The Labute approximate surface area is 330 Å². The molecule has 0 N–H and O–H groups in total. The second kappa shape index (κ2) is 13.6. The smallest absolute Gasteiger partial charge is 0.164 e. The van der Waals surface area contributed by atoms with Crippen molar-refractivity contribution in [2.75, 3.05) is 0 Å². The van der Waals surface area contributed by atoms with Crippen molar-refractivity contribution >= 4 is 21.5 Å². The molecule has 0 aliphatic carbocycles. The van der Waals surface area contributed by atoms with E-state index >= 15 is 0 Å². The van der Waals surface area contributed by atoms with Gasteiger partial charge in [-0.3, -0.25) is 0 Å². The quantitative estimate of drug-likeness (QED) is 0.171. The molecule has 10 aromatic rings. The highest BCUT2D eigenvalue weighted by Crippen LogP contribution is 2.49. The van der Waals surface area contributed by atoms with Gasteiger partial charge in [-0.2, -0.15) is 0 Å². The van der Waals surface area contributed by atoms with Crippen LogP contribution < -0.4 is 4.74 Å². The van der Waals surface area contributed by atoms with Gasteiger partial charge in [-0.1, -0.05) is 176 Å². The van der Waals surface area contributed by atoms with Gasteiger partial charge in [0.1, 0.15) is 11.5 Å². The Kier molecular flexibility index (Phi) is 7.78. The number of rotatable bonds is 6. The highest BCUT2D eigenvalue weighted by molar-refractivity contribution is 6.10. The van der Waals surface area contributed by atoms with Crippen LogP contribution in [0.15, 0.2) is 200 Å². The summed E-state index contributed by atoms with van der Waals surface area (Å²) in [4.78, 5) is 14.9. The van der Waals surface area contributed by atoms with Crippen LogP contribution in [0.25, 0.3) is 100 Å². The third-order valence-corrected chi connectivity index (χ3v) is 10.9. The SMILES string of the molecule is c1ccc(-c2ccc(-c3nc(-c4ccccc4)nc(-c4ccc(-c5ccc6c(c5)-c5cccc7c(-c8ccc9ccccc9c8)ccc(c57)O6)cc4)n3)cc2)cc1. The average Bonchev–Trinajstić information content (AvgIpc) is 3.29. The lowest BCUT2D eigenvalue weighted by molar-refractivity contribution is 0.487. The Morgan fingerprint density at radius 1 is 0.281 bits per heavy atom. The predicted molar refractivity (Wildman–Crippen MR) is 233 cm³/mol. The van der Waals surface area contributed by atoms with Crippen LogP contribution in [0.4, 0.5) is 0 Å². The van der Waals surface area contributed by atoms with E-state index in [9.17, 15) is 0 Å². The molecule has 0 amide bonds. The number of hydrogen-bond donors (Lipinski definition) is 0. The lowest BCUT2D eigenvalue weighted by atomic mass is 9.89. The van der Waals surface area contributed by atoms with E-state index in [4.69, 9.17) is 19.7 Å². The molecule has 0 unspecified atom stereocenters. The maximum atomic E-state index is 6.58. The highest BCUT2D eigenvalue weighted by atomic mass is 16.5. The molecule has 1 aromatic heterocycles. The minimum absolute atomic E-state index is 0.627. The van der Waals surface area contributed by atoms with Crippen molar-refractivity contribution in [3.63, 3.8) is 0 Å². The van der Waals surface area contributed by atoms with Gasteiger partial charge in [-0.05, 0) is 79.4 Å². The summed E-state index contributed by atoms with van der Waals surface area (Å²) in [6, 6.07) is 69.9. The van der Waals surface area contributed by atoms with Crippen LogP contribution in [0.2, 0.25) is 0 Å². The fourth-order valence-corrected chi connectivity index (χ4v) is 8.02. The van der Waals surface area contributed by atoms with E-state index in [1.807, 2.05) is 36.4 Å². The van der Waals surface area contributed by atoms with Gasteiger partial charge in [-0.25, -0.2) is 15.0 Å². The predicted octanol–water partition coefficient (Wildman–Crippen LogP) is 14.0. The van der Waals surface area contributed by atoms with Crippen molar-refractivity contribution in [3.05, 3.63) is 200 Å². The van der Waals surface area contributed by atoms with Crippen molar-refractivity contribution in [3.8, 4) is 90.2 Å². The molecule has 0 radical (unpaired) electrons. The van der Waals surface area contributed by atoms with Gasteiger partial charge in [0.15, 0.2) is 17.5 Å². The average molecular weight is 728 g/mol. The van der Waals surface area contributed by atoms with Gasteiger partial charge in [0.2, 0.25) is 0 Å². The van der Waals surface area contributed by atoms with Gasteiger partial charge in [-0.15, -0.1) is 0 Å². The lowest BCUT2D eigenvalue weighted by Crippen LogP contribution is -2.00. The maximum absolute atomic E-state index is 6.58. The first kappa shape index (κ1) is 32.7. The number of fused-ring (bicyclic) bond motifs is 3. The van der Waals surface area contributed by atoms with E-state index in [1.54, 1.807) is 0 Å². The second-order valence-corrected chi connectivity index (χ2v) is 14.4. The molecule has 0 saturated carbocycles. The van der Waals surface area contributed by atoms with Gasteiger partial charge in [0.25, 0.3) is 0 Å². The molecule has 1 aliphatic rings. The van der Waals surface area contributed by atoms with Crippen LogP contribution in [0.3, 0.4) is 0 Å². The van der Waals surface area contributed by atoms with Gasteiger partial charge >= 0.3 is 0 Å². The molecule has 0 saturated heterocycles. The van der Waals surface area contributed by atoms with Crippen LogP contribution in [0.1, 0.15) is 0 Å². The number of aromatic nitrogens is 3. The second-order valence-electron chi connectivity index (χ2n) is 14.4. The molecule has 11 rings (SSSR count). The molecule has 2 heterocycles. The monoisotopic (exact) mass is 727 g/mol. The molecule has 4 nitrogen and oxygen atoms in total. The fourth-order valence-electron chi connectivity index (χ4n) is 8.02. The first-order valence-electron chi connectivity index (χ1n) is 19.2. The number of hydrogen-bond acceptors (Lipinski definition) is 4. The summed E-state index contributed by atoms with van der Waals surface area (Å²) in [6.45, 7) is 0. The van der Waals surface area contributed by atoms with E-state index < -0.39 is 0 Å². The molecular formula is C53H33N3O. The largest absolute Gasteiger partial charge is 0.456 e. The first-order chi connectivity index (χ1) is 28.2. The first-order valence-corrected chi connectivity index (χ1v) is 19.2. The Bertz CT molecular complexity index is 3120. The van der Waals surface area contributed by atoms with Gasteiger partial charge in [0.05, 0.1) is 0 Å². The summed E-state index contributed by atoms with van der Waals surface area (Å²) in [5.74, 6) is 3.64. The summed E-state index contributed by atoms with van der Waals surface area (Å²) in [5.41, 5.74) is 12.0. The highest BCUT2D eigenvalue weighted by Gasteiger charge is 2.22. The van der Waals surface area contributed by atoms with E-state index in [-0.39, 0.29) is 0 Å². The molecule has 0 bridgehead atoms. The van der Waals surface area contributed by atoms with E-state index in [0.717, 1.165) is 55.8 Å². The standard InChI is InChI=1S/C53H33N3O/c1-3-10-34(11-4-1)36-18-23-39(24-19-36)52-54-51(38-13-5-2-6-14-38)55-53(56-52)40-25-20-37(21-26-40)42-28-30-48-47(33-42)46-17-9-16-45-44(29-31-49(57-48)50(45)46)43-27-22-35-12-7-8-15-41(35)32-43/h1-33H. The van der Waals surface area contributed by atoms with Gasteiger partial charge < -0.3 is 4.74 Å². The molecule has 0 atom stereocenters. The van der Waals surface area contributed by atoms with Crippen molar-refractivity contribution in [2.24, 2.45) is 0 Å². The minimum Gasteiger partial charge on any atom is -0.456 e. The van der Waals surface area contributed by atoms with Crippen LogP contribution in [-0.4, -0.2) is 15.0 Å². The van der Waals surface area contributed by atoms with E-state index in [0.29, 0.717) is 17.5 Å². The Morgan fingerprint density at radius 3 is 1.47 bits per heavy atom. The lowest BCUT2D eigenvalue weighted by Gasteiger charge is -2.23. The zero-order chi connectivity index (χ0) is 37.7. The molecule has 266 valence electrons. The fraction of sp³-hybridized carbons (Fsp3) is 0.